The molecule has 3 aliphatic rings. The maximum atomic E-state index is 13.4. The van der Waals surface area contributed by atoms with Gasteiger partial charge in [-0.25, -0.2) is 9.97 Å². The fourth-order valence-corrected chi connectivity index (χ4v) is 5.43. The Hall–Kier alpha value is -4.11. The van der Waals surface area contributed by atoms with E-state index in [1.165, 1.54) is 19.3 Å². The number of hydrogen-bond acceptors (Lipinski definition) is 8. The second-order valence-corrected chi connectivity index (χ2v) is 10.9. The Labute approximate surface area is 259 Å². The number of methoxy groups -OCH3 is 1. The second kappa shape index (κ2) is 13.9. The van der Waals surface area contributed by atoms with Crippen molar-refractivity contribution in [3.05, 3.63) is 90.0 Å². The molecule has 8 nitrogen and oxygen atoms in total. The van der Waals surface area contributed by atoms with E-state index in [4.69, 9.17) is 14.7 Å². The molecule has 1 saturated heterocycles. The zero-order valence-electron chi connectivity index (χ0n) is 25.1. The molecule has 2 fully saturated rings. The summed E-state index contributed by atoms with van der Waals surface area (Å²) in [6.45, 7) is 5.04. The third kappa shape index (κ3) is 6.94. The first-order valence-corrected chi connectivity index (χ1v) is 15.7. The molecule has 0 radical (unpaired) electrons. The number of thiol groups is 1. The first-order chi connectivity index (χ1) is 21.1. The molecule has 224 valence electrons. The van der Waals surface area contributed by atoms with Crippen molar-refractivity contribution >= 4 is 35.4 Å². The number of piperidine rings is 1. The molecule has 0 atom stereocenters. The Morgan fingerprint density at radius 3 is 2.33 bits per heavy atom. The van der Waals surface area contributed by atoms with Crippen LogP contribution in [0.2, 0.25) is 0 Å². The van der Waals surface area contributed by atoms with E-state index in [1.54, 1.807) is 19.4 Å². The Morgan fingerprint density at radius 1 is 1.00 bits per heavy atom. The van der Waals surface area contributed by atoms with Gasteiger partial charge in [0.1, 0.15) is 5.75 Å². The third-order valence-electron chi connectivity index (χ3n) is 8.11. The quantitative estimate of drug-likeness (QED) is 0.233. The van der Waals surface area contributed by atoms with Crippen molar-refractivity contribution < 1.29 is 9.53 Å². The lowest BCUT2D eigenvalue weighted by molar-refractivity contribution is 0.0930. The number of carbonyl (C=O) groups excluding carboxylic acids is 1. The van der Waals surface area contributed by atoms with Gasteiger partial charge in [0.2, 0.25) is 5.95 Å². The molecule has 2 aromatic carbocycles. The predicted molar refractivity (Wildman–Crippen MR) is 177 cm³/mol. The van der Waals surface area contributed by atoms with E-state index in [9.17, 15) is 4.79 Å². The van der Waals surface area contributed by atoms with Crippen LogP contribution in [0.25, 0.3) is 22.0 Å². The highest BCUT2D eigenvalue weighted by Crippen LogP contribution is 2.49. The summed E-state index contributed by atoms with van der Waals surface area (Å²) < 4.78 is 5.36. The number of pyridine rings is 1. The fraction of sp³-hybridized carbons (Fsp3) is 0.353. The van der Waals surface area contributed by atoms with Crippen LogP contribution in [0.3, 0.4) is 0 Å². The van der Waals surface area contributed by atoms with E-state index in [0.717, 1.165) is 71.6 Å². The largest absolute Gasteiger partial charge is 0.497 e. The maximum absolute atomic E-state index is 13.4. The van der Waals surface area contributed by atoms with Crippen LogP contribution in [0.5, 0.6) is 5.75 Å². The number of anilines is 1. The fourth-order valence-electron chi connectivity index (χ4n) is 5.43. The monoisotopic (exact) mass is 596 g/mol. The van der Waals surface area contributed by atoms with Crippen LogP contribution in [-0.4, -0.2) is 53.9 Å². The molecule has 4 heterocycles. The van der Waals surface area contributed by atoms with Crippen molar-refractivity contribution in [2.75, 3.05) is 37.9 Å². The van der Waals surface area contributed by atoms with Crippen molar-refractivity contribution in [3.8, 4) is 16.9 Å². The minimum Gasteiger partial charge on any atom is -0.497 e. The lowest BCUT2D eigenvalue weighted by Crippen LogP contribution is -2.35. The van der Waals surface area contributed by atoms with Gasteiger partial charge in [-0.3, -0.25) is 9.78 Å². The van der Waals surface area contributed by atoms with Gasteiger partial charge in [-0.2, -0.15) is 12.6 Å². The van der Waals surface area contributed by atoms with Gasteiger partial charge in [0.05, 0.1) is 18.2 Å². The average molecular weight is 597 g/mol. The number of rotatable bonds is 6. The van der Waals surface area contributed by atoms with Gasteiger partial charge in [0.15, 0.2) is 0 Å². The van der Waals surface area contributed by atoms with Crippen LogP contribution in [-0.2, 0) is 5.54 Å². The number of carbonyl (C=O) groups is 1. The summed E-state index contributed by atoms with van der Waals surface area (Å²) in [4.78, 5) is 29.7. The molecule has 2 aromatic heterocycles. The number of hydrogen-bond donors (Lipinski definition) is 3. The van der Waals surface area contributed by atoms with Gasteiger partial charge in [0, 0.05) is 54.7 Å². The van der Waals surface area contributed by atoms with Gasteiger partial charge in [-0.05, 0) is 105 Å². The summed E-state index contributed by atoms with van der Waals surface area (Å²) in [5.41, 5.74) is 5.05. The summed E-state index contributed by atoms with van der Waals surface area (Å²) in [5, 5.41) is 7.34. The van der Waals surface area contributed by atoms with E-state index in [1.807, 2.05) is 49.9 Å². The first-order valence-electron chi connectivity index (χ1n) is 14.8. The summed E-state index contributed by atoms with van der Waals surface area (Å²) >= 11 is 3.53. The molecule has 43 heavy (non-hydrogen) atoms. The Kier molecular flexibility index (Phi) is 9.82. The maximum Gasteiger partial charge on any atom is 0.252 e. The number of ether oxygens (including phenoxy) is 1. The van der Waals surface area contributed by atoms with Gasteiger partial charge < -0.3 is 20.3 Å². The molecule has 0 unspecified atom stereocenters. The highest BCUT2D eigenvalue weighted by molar-refractivity contribution is 7.79. The molecule has 9 heteroatoms. The van der Waals surface area contributed by atoms with Crippen LogP contribution in [0.15, 0.2) is 73.3 Å². The zero-order chi connectivity index (χ0) is 30.2. The number of nitrogens with zero attached hydrogens (tertiary/aromatic N) is 4. The zero-order valence-corrected chi connectivity index (χ0v) is 26.0. The van der Waals surface area contributed by atoms with Crippen molar-refractivity contribution in [1.82, 2.24) is 25.6 Å². The van der Waals surface area contributed by atoms with Gasteiger partial charge in [0.25, 0.3) is 5.91 Å². The van der Waals surface area contributed by atoms with Crippen LogP contribution in [0.1, 0.15) is 53.6 Å². The Balaban J connectivity index is 0.000000558. The highest BCUT2D eigenvalue weighted by atomic mass is 32.1. The van der Waals surface area contributed by atoms with E-state index in [0.29, 0.717) is 11.3 Å². The highest BCUT2D eigenvalue weighted by Gasteiger charge is 2.47. The molecule has 0 spiro atoms. The predicted octanol–water partition coefficient (Wildman–Crippen LogP) is 6.07. The molecule has 0 bridgehead atoms. The SMILES string of the molecule is C1=CNC1.COc1ccc(C)c(C(=O)NC2(c3cc(-c4cnc(N5CCCCC5)nc4)cc4ncccc34)CC2)c1.CS. The first kappa shape index (κ1) is 30.4. The normalized spacial score (nSPS) is 16.0. The summed E-state index contributed by atoms with van der Waals surface area (Å²) in [5.74, 6) is 1.37. The lowest BCUT2D eigenvalue weighted by atomic mass is 9.94. The Bertz CT molecular complexity index is 1570. The van der Waals surface area contributed by atoms with Crippen molar-refractivity contribution in [1.29, 1.82) is 0 Å². The number of fused-ring (bicyclic) bond motifs is 1. The topological polar surface area (TPSA) is 92.3 Å². The molecule has 2 N–H and O–H groups in total. The molecule has 1 amide bonds. The van der Waals surface area contributed by atoms with E-state index in [-0.39, 0.29) is 5.91 Å². The number of nitrogens with one attached hydrogen (secondary N) is 2. The number of benzene rings is 2. The molecular weight excluding hydrogens is 556 g/mol. The smallest absolute Gasteiger partial charge is 0.252 e. The second-order valence-electron chi connectivity index (χ2n) is 10.9. The van der Waals surface area contributed by atoms with Crippen molar-refractivity contribution in [2.24, 2.45) is 0 Å². The Morgan fingerprint density at radius 2 is 1.70 bits per heavy atom. The summed E-state index contributed by atoms with van der Waals surface area (Å²) in [7, 11) is 1.61. The molecule has 4 aromatic rings. The summed E-state index contributed by atoms with van der Waals surface area (Å²) in [6, 6.07) is 13.9. The van der Waals surface area contributed by atoms with E-state index >= 15 is 0 Å². The van der Waals surface area contributed by atoms with Crippen molar-refractivity contribution in [2.45, 2.75) is 44.6 Å². The molecule has 7 rings (SSSR count). The molecule has 2 aliphatic heterocycles. The number of aryl methyl sites for hydroxylation is 1. The minimum atomic E-state index is -0.432. The lowest BCUT2D eigenvalue weighted by Gasteiger charge is -2.26. The standard InChI is InChI=1S/C30H31N5O2.C3H5N.CH4S/c1-20-8-9-23(37-2)17-25(20)28(36)34-30(10-11-30)26-15-21(16-27-24(26)7-6-12-31-27)22-18-32-29(33-19-22)35-13-4-3-5-14-35;1-2-4-3-1;1-2/h6-9,12,15-19H,3-5,10-11,13-14H2,1-2H3,(H,34,36);1-2,4H,3H2;2H,1H3. The third-order valence-corrected chi connectivity index (χ3v) is 8.11. The van der Waals surface area contributed by atoms with Crippen LogP contribution in [0.4, 0.5) is 5.95 Å². The number of aromatic nitrogens is 3. The molecule has 1 aliphatic carbocycles. The van der Waals surface area contributed by atoms with Crippen LogP contribution < -0.4 is 20.3 Å². The van der Waals surface area contributed by atoms with E-state index in [2.05, 4.69) is 57.4 Å². The van der Waals surface area contributed by atoms with E-state index < -0.39 is 5.54 Å². The van der Waals surface area contributed by atoms with Gasteiger partial charge >= 0.3 is 0 Å². The van der Waals surface area contributed by atoms with Crippen molar-refractivity contribution in [3.63, 3.8) is 0 Å². The average Bonchev–Trinajstić information content (AvgIpc) is 3.81. The minimum absolute atomic E-state index is 0.0921. The van der Waals surface area contributed by atoms with Gasteiger partial charge in [-0.15, -0.1) is 0 Å². The molecule has 1 saturated carbocycles. The number of amides is 1. The van der Waals surface area contributed by atoms with Crippen LogP contribution in [0, 0.1) is 6.92 Å². The van der Waals surface area contributed by atoms with Gasteiger partial charge in [-0.1, -0.05) is 12.1 Å². The van der Waals surface area contributed by atoms with Crippen LogP contribution >= 0.6 is 12.6 Å². The summed E-state index contributed by atoms with van der Waals surface area (Å²) in [6.07, 6.45) is 16.7. The molecular formula is C34H40N6O2S.